The van der Waals surface area contributed by atoms with Crippen LogP contribution >= 0.6 is 11.6 Å². The van der Waals surface area contributed by atoms with Crippen molar-refractivity contribution < 1.29 is 14.7 Å². The van der Waals surface area contributed by atoms with Crippen LogP contribution in [-0.2, 0) is 17.8 Å². The number of fused-ring (bicyclic) bond motifs is 2. The second-order valence-corrected chi connectivity index (χ2v) is 11.1. The topological polar surface area (TPSA) is 85.2 Å². The number of benzene rings is 2. The smallest absolute Gasteiger partial charge is 0.254 e. The lowest BCUT2D eigenvalue weighted by Crippen LogP contribution is -2.43. The number of halogens is 1. The third-order valence-electron chi connectivity index (χ3n) is 8.03. The molecule has 3 aliphatic heterocycles. The number of hydrogen-bond donors (Lipinski definition) is 2. The number of allylic oxidation sites excluding steroid dienone is 4. The maximum atomic E-state index is 13.3. The maximum Gasteiger partial charge on any atom is 0.254 e. The molecule has 1 aliphatic carbocycles. The van der Waals surface area contributed by atoms with Crippen molar-refractivity contribution in [1.29, 1.82) is 0 Å². The predicted molar refractivity (Wildman–Crippen MR) is 149 cm³/mol. The summed E-state index contributed by atoms with van der Waals surface area (Å²) in [5, 5.41) is 14.7. The Labute approximate surface area is 227 Å². The van der Waals surface area contributed by atoms with E-state index in [1.165, 1.54) is 0 Å². The molecule has 1 saturated heterocycles. The molecule has 0 radical (unpaired) electrons. The number of Topliss-reactive ketones (excluding diaryl/α,β-unsaturated/α-hetero) is 1. The van der Waals surface area contributed by atoms with E-state index in [1.807, 2.05) is 29.2 Å². The SMILES string of the molecule is CN1CCC(N2Cc3cc4c(cc3C2=O)CC(=C2C(=O)CC=CC2=NC[C@@H](O)c2cccc(Cl)c2)N4)CC1. The number of piperidine rings is 1. The van der Waals surface area contributed by atoms with Gasteiger partial charge in [-0.3, -0.25) is 14.6 Å². The first-order chi connectivity index (χ1) is 18.4. The maximum absolute atomic E-state index is 13.3. The van der Waals surface area contributed by atoms with Crippen molar-refractivity contribution in [2.45, 2.75) is 44.4 Å². The van der Waals surface area contributed by atoms with Crippen molar-refractivity contribution in [3.05, 3.63) is 87.1 Å². The van der Waals surface area contributed by atoms with Crippen molar-refractivity contribution in [2.75, 3.05) is 32.0 Å². The van der Waals surface area contributed by atoms with Gasteiger partial charge < -0.3 is 20.2 Å². The van der Waals surface area contributed by atoms with Crippen LogP contribution in [0.1, 0.15) is 52.4 Å². The van der Waals surface area contributed by atoms with Gasteiger partial charge in [-0.25, -0.2) is 0 Å². The van der Waals surface area contributed by atoms with Gasteiger partial charge in [0.2, 0.25) is 0 Å². The number of nitrogens with one attached hydrogen (secondary N) is 1. The van der Waals surface area contributed by atoms with Crippen molar-refractivity contribution in [3.8, 4) is 0 Å². The van der Waals surface area contributed by atoms with Crippen LogP contribution in [0, 0.1) is 0 Å². The molecule has 2 N–H and O–H groups in total. The van der Waals surface area contributed by atoms with Crippen LogP contribution in [0.3, 0.4) is 0 Å². The van der Waals surface area contributed by atoms with E-state index in [0.717, 1.165) is 54.0 Å². The van der Waals surface area contributed by atoms with Gasteiger partial charge in [-0.15, -0.1) is 0 Å². The quantitative estimate of drug-likeness (QED) is 0.575. The van der Waals surface area contributed by atoms with Gasteiger partial charge in [-0.05, 0) is 80.0 Å². The Balaban J connectivity index is 1.23. The molecule has 2 aromatic rings. The molecule has 38 heavy (non-hydrogen) atoms. The summed E-state index contributed by atoms with van der Waals surface area (Å²) in [5.74, 6) is 0.114. The predicted octanol–water partition coefficient (Wildman–Crippen LogP) is 4.32. The number of likely N-dealkylation sites (tertiary alicyclic amines) is 1. The fraction of sp³-hybridized carbons (Fsp3) is 0.367. The van der Waals surface area contributed by atoms with Gasteiger partial charge in [-0.2, -0.15) is 0 Å². The highest BCUT2D eigenvalue weighted by molar-refractivity contribution is 6.30. The highest BCUT2D eigenvalue weighted by atomic mass is 35.5. The first-order valence-corrected chi connectivity index (χ1v) is 13.6. The van der Waals surface area contributed by atoms with Gasteiger partial charge in [0.1, 0.15) is 0 Å². The van der Waals surface area contributed by atoms with Crippen molar-refractivity contribution in [3.63, 3.8) is 0 Å². The van der Waals surface area contributed by atoms with Gasteiger partial charge >= 0.3 is 0 Å². The number of rotatable bonds is 4. The van der Waals surface area contributed by atoms with E-state index >= 15 is 0 Å². The molecule has 0 aromatic heterocycles. The Bertz CT molecular complexity index is 1400. The number of aliphatic hydroxyl groups is 1. The normalized spacial score (nSPS) is 23.7. The van der Waals surface area contributed by atoms with Crippen molar-refractivity contribution in [1.82, 2.24) is 9.80 Å². The Morgan fingerprint density at radius 3 is 2.76 bits per heavy atom. The van der Waals surface area contributed by atoms with Gasteiger partial charge in [-0.1, -0.05) is 29.8 Å². The molecule has 2 aromatic carbocycles. The first-order valence-electron chi connectivity index (χ1n) is 13.2. The molecule has 0 bridgehead atoms. The number of ketones is 1. The lowest BCUT2D eigenvalue weighted by Gasteiger charge is -2.34. The number of amides is 1. The van der Waals surface area contributed by atoms with Crippen LogP contribution in [0.2, 0.25) is 5.02 Å². The van der Waals surface area contributed by atoms with Crippen LogP contribution in [0.25, 0.3) is 0 Å². The molecule has 1 atom stereocenters. The van der Waals surface area contributed by atoms with Gasteiger partial charge in [0.25, 0.3) is 5.91 Å². The number of carbonyl (C=O) groups excluding carboxylic acids is 2. The zero-order valence-electron chi connectivity index (χ0n) is 21.4. The molecular formula is C30H31ClN4O3. The molecule has 1 fully saturated rings. The molecule has 1 amide bonds. The number of nitrogens with zero attached hydrogens (tertiary/aromatic N) is 3. The van der Waals surface area contributed by atoms with Crippen molar-refractivity contribution in [2.24, 2.45) is 4.99 Å². The first kappa shape index (κ1) is 25.0. The summed E-state index contributed by atoms with van der Waals surface area (Å²) in [6.07, 6.45) is 5.70. The van der Waals surface area contributed by atoms with E-state index < -0.39 is 6.10 Å². The average Bonchev–Trinajstić information content (AvgIpc) is 3.46. The second kappa shape index (κ2) is 10.1. The highest BCUT2D eigenvalue weighted by Crippen LogP contribution is 2.38. The Morgan fingerprint density at radius 2 is 1.97 bits per heavy atom. The monoisotopic (exact) mass is 530 g/mol. The lowest BCUT2D eigenvalue weighted by molar-refractivity contribution is -0.114. The summed E-state index contributed by atoms with van der Waals surface area (Å²) in [4.78, 5) is 35.3. The Hall–Kier alpha value is -3.26. The van der Waals surface area contributed by atoms with Crippen LogP contribution < -0.4 is 5.32 Å². The molecule has 0 saturated carbocycles. The molecule has 0 spiro atoms. The molecule has 3 heterocycles. The molecule has 196 valence electrons. The number of aliphatic imine (C=N–C) groups is 1. The third kappa shape index (κ3) is 4.70. The van der Waals surface area contributed by atoms with E-state index in [1.54, 1.807) is 18.2 Å². The van der Waals surface area contributed by atoms with Crippen LogP contribution in [0.5, 0.6) is 0 Å². The largest absolute Gasteiger partial charge is 0.386 e. The van der Waals surface area contributed by atoms with E-state index in [0.29, 0.717) is 47.3 Å². The molecule has 8 heteroatoms. The van der Waals surface area contributed by atoms with Crippen LogP contribution in [-0.4, -0.2) is 65.0 Å². The summed E-state index contributed by atoms with van der Waals surface area (Å²) in [7, 11) is 2.13. The minimum absolute atomic E-state index is 0.00383. The minimum atomic E-state index is -0.826. The standard InChI is InChI=1S/C30H31ClN4O3/c1-34-10-8-22(9-11-34)35-17-20-15-25-19(13-23(20)30(35)38)14-26(33-25)29-24(6-3-7-27(29)36)32-16-28(37)18-4-2-5-21(31)12-18/h2-6,12-13,15,22,28,33,37H,7-11,14,16-17H2,1H3/t28-/m1/s1. The van der Waals surface area contributed by atoms with E-state index in [9.17, 15) is 14.7 Å². The van der Waals surface area contributed by atoms with E-state index in [4.69, 9.17) is 11.6 Å². The highest BCUT2D eigenvalue weighted by Gasteiger charge is 2.36. The van der Waals surface area contributed by atoms with Crippen LogP contribution in [0.15, 0.2) is 64.8 Å². The zero-order valence-corrected chi connectivity index (χ0v) is 22.2. The molecule has 6 rings (SSSR count). The fourth-order valence-electron chi connectivity index (χ4n) is 5.91. The number of aliphatic hydroxyl groups excluding tert-OH is 1. The number of anilines is 1. The van der Waals surface area contributed by atoms with Gasteiger partial charge in [0, 0.05) is 47.4 Å². The average molecular weight is 531 g/mol. The summed E-state index contributed by atoms with van der Waals surface area (Å²) in [5.41, 5.74) is 6.39. The fourth-order valence-corrected chi connectivity index (χ4v) is 6.10. The second-order valence-electron chi connectivity index (χ2n) is 10.6. The van der Waals surface area contributed by atoms with Crippen molar-refractivity contribution >= 4 is 34.7 Å². The molecular weight excluding hydrogens is 500 g/mol. The van der Waals surface area contributed by atoms with Gasteiger partial charge in [0.15, 0.2) is 5.78 Å². The summed E-state index contributed by atoms with van der Waals surface area (Å²) >= 11 is 6.06. The third-order valence-corrected chi connectivity index (χ3v) is 8.26. The Kier molecular flexibility index (Phi) is 6.68. The number of hydrogen-bond acceptors (Lipinski definition) is 6. The molecule has 7 nitrogen and oxygen atoms in total. The summed E-state index contributed by atoms with van der Waals surface area (Å²) in [6, 6.07) is 11.4. The van der Waals surface area contributed by atoms with Crippen LogP contribution in [0.4, 0.5) is 5.69 Å². The summed E-state index contributed by atoms with van der Waals surface area (Å²) in [6.45, 7) is 2.79. The minimum Gasteiger partial charge on any atom is -0.386 e. The summed E-state index contributed by atoms with van der Waals surface area (Å²) < 4.78 is 0. The zero-order chi connectivity index (χ0) is 26.4. The Morgan fingerprint density at radius 1 is 1.16 bits per heavy atom. The molecule has 0 unspecified atom stereocenters. The number of carbonyl (C=O) groups is 2. The molecule has 4 aliphatic rings. The lowest BCUT2D eigenvalue weighted by atomic mass is 9.94. The van der Waals surface area contributed by atoms with E-state index in [-0.39, 0.29) is 18.2 Å². The van der Waals surface area contributed by atoms with E-state index in [2.05, 4.69) is 28.3 Å². The van der Waals surface area contributed by atoms with Gasteiger partial charge in [0.05, 0.1) is 23.9 Å².